The van der Waals surface area contributed by atoms with Crippen LogP contribution in [0.5, 0.6) is 0 Å². The van der Waals surface area contributed by atoms with Gasteiger partial charge in [-0.3, -0.25) is 0 Å². The lowest BCUT2D eigenvalue weighted by Gasteiger charge is -2.37. The van der Waals surface area contributed by atoms with Crippen molar-refractivity contribution in [3.8, 4) is 0 Å². The third-order valence-electron chi connectivity index (χ3n) is 2.83. The SMILES string of the molecule is COC(C)(C)CC1(N)CC=CCC1. The van der Waals surface area contributed by atoms with E-state index in [1.807, 2.05) is 0 Å². The van der Waals surface area contributed by atoms with Gasteiger partial charge in [-0.15, -0.1) is 0 Å². The predicted octanol–water partition coefficient (Wildman–Crippen LogP) is 2.24. The Labute approximate surface area is 81.1 Å². The maximum Gasteiger partial charge on any atom is 0.0640 e. The molecule has 1 aliphatic rings. The second-order valence-corrected chi connectivity index (χ2v) is 4.72. The van der Waals surface area contributed by atoms with Crippen molar-refractivity contribution in [3.63, 3.8) is 0 Å². The fraction of sp³-hybridized carbons (Fsp3) is 0.818. The highest BCUT2D eigenvalue weighted by Gasteiger charge is 2.32. The van der Waals surface area contributed by atoms with Crippen LogP contribution >= 0.6 is 0 Å². The summed E-state index contributed by atoms with van der Waals surface area (Å²) in [6.45, 7) is 4.19. The molecule has 1 aliphatic carbocycles. The van der Waals surface area contributed by atoms with Gasteiger partial charge < -0.3 is 10.5 Å². The molecular weight excluding hydrogens is 162 g/mol. The second kappa shape index (κ2) is 3.81. The first kappa shape index (κ1) is 10.7. The van der Waals surface area contributed by atoms with Crippen molar-refractivity contribution < 1.29 is 4.74 Å². The van der Waals surface area contributed by atoms with Crippen LogP contribution in [0.25, 0.3) is 0 Å². The van der Waals surface area contributed by atoms with Crippen molar-refractivity contribution in [3.05, 3.63) is 12.2 Å². The Hall–Kier alpha value is -0.340. The van der Waals surface area contributed by atoms with Crippen LogP contribution in [0.4, 0.5) is 0 Å². The first-order valence-electron chi connectivity index (χ1n) is 4.97. The summed E-state index contributed by atoms with van der Waals surface area (Å²) in [7, 11) is 1.75. The van der Waals surface area contributed by atoms with E-state index in [1.54, 1.807) is 7.11 Å². The van der Waals surface area contributed by atoms with Gasteiger partial charge >= 0.3 is 0 Å². The average molecular weight is 183 g/mol. The molecule has 1 unspecified atom stereocenters. The largest absolute Gasteiger partial charge is 0.379 e. The van der Waals surface area contributed by atoms with Crippen molar-refractivity contribution in [2.45, 2.75) is 50.7 Å². The van der Waals surface area contributed by atoms with E-state index in [9.17, 15) is 0 Å². The fourth-order valence-electron chi connectivity index (χ4n) is 1.99. The highest BCUT2D eigenvalue weighted by Crippen LogP contribution is 2.30. The minimum atomic E-state index is -0.0973. The van der Waals surface area contributed by atoms with E-state index in [0.717, 1.165) is 25.7 Å². The molecule has 2 nitrogen and oxygen atoms in total. The van der Waals surface area contributed by atoms with Gasteiger partial charge in [0.1, 0.15) is 0 Å². The Balaban J connectivity index is 2.56. The molecule has 2 N–H and O–H groups in total. The van der Waals surface area contributed by atoms with Crippen LogP contribution in [-0.2, 0) is 4.74 Å². The summed E-state index contributed by atoms with van der Waals surface area (Å²) in [5.41, 5.74) is 6.14. The summed E-state index contributed by atoms with van der Waals surface area (Å²) in [4.78, 5) is 0. The third-order valence-corrected chi connectivity index (χ3v) is 2.83. The molecule has 0 aromatic heterocycles. The Morgan fingerprint density at radius 3 is 2.62 bits per heavy atom. The molecule has 0 radical (unpaired) electrons. The number of rotatable bonds is 3. The molecule has 13 heavy (non-hydrogen) atoms. The van der Waals surface area contributed by atoms with Crippen LogP contribution in [0.1, 0.15) is 39.5 Å². The summed E-state index contributed by atoms with van der Waals surface area (Å²) in [6, 6.07) is 0. The van der Waals surface area contributed by atoms with E-state index in [1.165, 1.54) is 0 Å². The van der Waals surface area contributed by atoms with Gasteiger partial charge in [0.2, 0.25) is 0 Å². The standard InChI is InChI=1S/C11H21NO/c1-10(2,13-3)9-11(12)7-5-4-6-8-11/h4-5H,6-9,12H2,1-3H3. The van der Waals surface area contributed by atoms with Gasteiger partial charge in [0.15, 0.2) is 0 Å². The van der Waals surface area contributed by atoms with E-state index >= 15 is 0 Å². The zero-order valence-electron chi connectivity index (χ0n) is 8.97. The topological polar surface area (TPSA) is 35.2 Å². The number of allylic oxidation sites excluding steroid dienone is 1. The monoisotopic (exact) mass is 183 g/mol. The molecule has 1 rings (SSSR count). The van der Waals surface area contributed by atoms with Crippen LogP contribution in [0.2, 0.25) is 0 Å². The highest BCUT2D eigenvalue weighted by molar-refractivity contribution is 5.03. The molecule has 0 bridgehead atoms. The Morgan fingerprint density at radius 2 is 2.15 bits per heavy atom. The molecule has 0 saturated heterocycles. The number of hydrogen-bond donors (Lipinski definition) is 1. The predicted molar refractivity (Wildman–Crippen MR) is 55.6 cm³/mol. The van der Waals surface area contributed by atoms with E-state index in [4.69, 9.17) is 10.5 Å². The van der Waals surface area contributed by atoms with Gasteiger partial charge in [0.05, 0.1) is 5.60 Å². The maximum atomic E-state index is 6.29. The molecule has 0 aliphatic heterocycles. The lowest BCUT2D eigenvalue weighted by atomic mass is 9.78. The van der Waals surface area contributed by atoms with E-state index in [-0.39, 0.29) is 11.1 Å². The third kappa shape index (κ3) is 3.12. The van der Waals surface area contributed by atoms with Crippen molar-refractivity contribution in [2.75, 3.05) is 7.11 Å². The van der Waals surface area contributed by atoms with Gasteiger partial charge in [-0.25, -0.2) is 0 Å². The van der Waals surface area contributed by atoms with Crippen molar-refractivity contribution >= 4 is 0 Å². The molecule has 0 saturated carbocycles. The molecule has 0 heterocycles. The van der Waals surface area contributed by atoms with Crippen LogP contribution in [0.15, 0.2) is 12.2 Å². The maximum absolute atomic E-state index is 6.29. The summed E-state index contributed by atoms with van der Waals surface area (Å²) >= 11 is 0. The van der Waals surface area contributed by atoms with E-state index in [0.29, 0.717) is 0 Å². The lowest BCUT2D eigenvalue weighted by Crippen LogP contribution is -2.46. The lowest BCUT2D eigenvalue weighted by molar-refractivity contribution is -0.00442. The van der Waals surface area contributed by atoms with Gasteiger partial charge in [-0.2, -0.15) is 0 Å². The summed E-state index contributed by atoms with van der Waals surface area (Å²) in [5.74, 6) is 0. The Bertz CT molecular complexity index is 198. The summed E-state index contributed by atoms with van der Waals surface area (Å²) in [6.07, 6.45) is 8.51. The minimum Gasteiger partial charge on any atom is -0.379 e. The summed E-state index contributed by atoms with van der Waals surface area (Å²) < 4.78 is 5.40. The summed E-state index contributed by atoms with van der Waals surface area (Å²) in [5, 5.41) is 0. The zero-order valence-corrected chi connectivity index (χ0v) is 8.97. The van der Waals surface area contributed by atoms with Gasteiger partial charge in [0, 0.05) is 12.6 Å². The smallest absolute Gasteiger partial charge is 0.0640 e. The fourth-order valence-corrected chi connectivity index (χ4v) is 1.99. The van der Waals surface area contributed by atoms with Gasteiger partial charge in [0.25, 0.3) is 0 Å². The molecule has 0 aromatic carbocycles. The van der Waals surface area contributed by atoms with Crippen LogP contribution < -0.4 is 5.73 Å². The van der Waals surface area contributed by atoms with Crippen molar-refractivity contribution in [1.82, 2.24) is 0 Å². The molecule has 0 amide bonds. The molecule has 0 spiro atoms. The Morgan fingerprint density at radius 1 is 1.46 bits per heavy atom. The highest BCUT2D eigenvalue weighted by atomic mass is 16.5. The average Bonchev–Trinajstić information content (AvgIpc) is 2.04. The number of hydrogen-bond acceptors (Lipinski definition) is 2. The molecule has 0 aromatic rings. The van der Waals surface area contributed by atoms with Crippen LogP contribution in [0.3, 0.4) is 0 Å². The Kier molecular flexibility index (Phi) is 3.14. The first-order chi connectivity index (χ1) is 5.97. The van der Waals surface area contributed by atoms with Gasteiger partial charge in [-0.05, 0) is 39.5 Å². The van der Waals surface area contributed by atoms with E-state index in [2.05, 4.69) is 26.0 Å². The molecule has 0 fully saturated rings. The molecular formula is C11H21NO. The quantitative estimate of drug-likeness (QED) is 0.681. The zero-order chi connectivity index (χ0) is 9.95. The van der Waals surface area contributed by atoms with Gasteiger partial charge in [-0.1, -0.05) is 12.2 Å². The number of methoxy groups -OCH3 is 1. The normalized spacial score (nSPS) is 29.2. The molecule has 2 heteroatoms. The first-order valence-corrected chi connectivity index (χ1v) is 4.97. The number of ether oxygens (including phenoxy) is 1. The van der Waals surface area contributed by atoms with Crippen LogP contribution in [0, 0.1) is 0 Å². The van der Waals surface area contributed by atoms with E-state index < -0.39 is 0 Å². The molecule has 76 valence electrons. The minimum absolute atomic E-state index is 0.0474. The number of nitrogens with two attached hydrogens (primary N) is 1. The van der Waals surface area contributed by atoms with Crippen molar-refractivity contribution in [2.24, 2.45) is 5.73 Å². The molecule has 1 atom stereocenters. The van der Waals surface area contributed by atoms with Crippen molar-refractivity contribution in [1.29, 1.82) is 0 Å². The second-order valence-electron chi connectivity index (χ2n) is 4.72. The van der Waals surface area contributed by atoms with Crippen LogP contribution in [-0.4, -0.2) is 18.2 Å².